The Morgan fingerprint density at radius 2 is 1.76 bits per heavy atom. The van der Waals surface area contributed by atoms with Crippen LogP contribution in [-0.4, -0.2) is 24.1 Å². The average molecular weight is 285 g/mol. The van der Waals surface area contributed by atoms with Crippen LogP contribution >= 0.6 is 0 Å². The highest BCUT2D eigenvalue weighted by atomic mass is 16.5. The van der Waals surface area contributed by atoms with Crippen LogP contribution in [0.3, 0.4) is 0 Å². The van der Waals surface area contributed by atoms with E-state index in [1.165, 1.54) is 12.1 Å². The highest BCUT2D eigenvalue weighted by Gasteiger charge is 2.12. The van der Waals surface area contributed by atoms with E-state index in [0.29, 0.717) is 17.3 Å². The molecule has 0 aliphatic rings. The minimum Gasteiger partial charge on any atom is -0.507 e. The van der Waals surface area contributed by atoms with Crippen molar-refractivity contribution >= 4 is 17.6 Å². The maximum absolute atomic E-state index is 11.9. The number of phenolic OH excluding ortho intramolecular Hbond substituents is 1. The van der Waals surface area contributed by atoms with Gasteiger partial charge in [-0.3, -0.25) is 0 Å². The van der Waals surface area contributed by atoms with Gasteiger partial charge in [-0.25, -0.2) is 9.79 Å². The van der Waals surface area contributed by atoms with Gasteiger partial charge in [-0.05, 0) is 36.4 Å². The lowest BCUT2D eigenvalue weighted by molar-refractivity contribution is 0.0731. The molecule has 0 amide bonds. The van der Waals surface area contributed by atoms with Crippen LogP contribution in [0.4, 0.5) is 5.69 Å². The van der Waals surface area contributed by atoms with E-state index < -0.39 is 5.97 Å². The Labute approximate surface area is 122 Å². The lowest BCUT2D eigenvalue weighted by Crippen LogP contribution is -2.08. The van der Waals surface area contributed by atoms with E-state index in [-0.39, 0.29) is 11.3 Å². The van der Waals surface area contributed by atoms with E-state index in [9.17, 15) is 9.90 Å². The van der Waals surface area contributed by atoms with Gasteiger partial charge in [0.15, 0.2) is 5.90 Å². The van der Waals surface area contributed by atoms with Crippen molar-refractivity contribution in [3.63, 3.8) is 0 Å². The number of benzene rings is 2. The van der Waals surface area contributed by atoms with Crippen LogP contribution in [0.2, 0.25) is 0 Å². The number of esters is 1. The summed E-state index contributed by atoms with van der Waals surface area (Å²) in [7, 11) is 1.54. The summed E-state index contributed by atoms with van der Waals surface area (Å²) in [6.07, 6.45) is 0. The topological polar surface area (TPSA) is 68.1 Å². The molecule has 0 heterocycles. The lowest BCUT2D eigenvalue weighted by Gasteiger charge is -2.06. The van der Waals surface area contributed by atoms with E-state index in [2.05, 4.69) is 4.99 Å². The predicted octanol–water partition coefficient (Wildman–Crippen LogP) is 3.31. The summed E-state index contributed by atoms with van der Waals surface area (Å²) in [4.78, 5) is 16.1. The third-order valence-corrected chi connectivity index (χ3v) is 2.75. The molecule has 0 bridgehead atoms. The molecule has 2 rings (SSSR count). The number of carbonyl (C=O) groups excluding carboxylic acids is 1. The number of aliphatic imine (C=N–C) groups is 1. The molecule has 0 aromatic heterocycles. The van der Waals surface area contributed by atoms with Crippen LogP contribution in [0, 0.1) is 0 Å². The van der Waals surface area contributed by atoms with Gasteiger partial charge >= 0.3 is 5.97 Å². The van der Waals surface area contributed by atoms with Crippen LogP contribution < -0.4 is 4.74 Å². The number of ether oxygens (including phenoxy) is 2. The number of para-hydroxylation sites is 1. The first-order chi connectivity index (χ1) is 10.1. The number of rotatable bonds is 3. The van der Waals surface area contributed by atoms with Crippen molar-refractivity contribution in [1.29, 1.82) is 0 Å². The fourth-order valence-corrected chi connectivity index (χ4v) is 1.62. The molecular weight excluding hydrogens is 270 g/mol. The summed E-state index contributed by atoms with van der Waals surface area (Å²) in [5.74, 6) is 0.183. The highest BCUT2D eigenvalue weighted by Crippen LogP contribution is 2.22. The Hall–Kier alpha value is -2.82. The molecule has 5 heteroatoms. The van der Waals surface area contributed by atoms with Gasteiger partial charge in [0.2, 0.25) is 0 Å². The zero-order valence-corrected chi connectivity index (χ0v) is 11.7. The van der Waals surface area contributed by atoms with Crippen molar-refractivity contribution in [1.82, 2.24) is 0 Å². The summed E-state index contributed by atoms with van der Waals surface area (Å²) >= 11 is 0. The predicted molar refractivity (Wildman–Crippen MR) is 79.3 cm³/mol. The smallest absolute Gasteiger partial charge is 0.347 e. The fraction of sp³-hybridized carbons (Fsp3) is 0.125. The summed E-state index contributed by atoms with van der Waals surface area (Å²) in [6.45, 7) is 1.74. The van der Waals surface area contributed by atoms with E-state index in [1.807, 2.05) is 0 Å². The first kappa shape index (κ1) is 14.6. The molecule has 0 saturated heterocycles. The largest absolute Gasteiger partial charge is 0.507 e. The highest BCUT2D eigenvalue weighted by molar-refractivity contribution is 5.93. The number of carbonyl (C=O) groups is 1. The zero-order chi connectivity index (χ0) is 15.2. The van der Waals surface area contributed by atoms with Crippen molar-refractivity contribution in [3.05, 3.63) is 54.1 Å². The quantitative estimate of drug-likeness (QED) is 0.406. The molecule has 0 saturated carbocycles. The molecular formula is C16H15NO4. The number of phenols is 1. The van der Waals surface area contributed by atoms with Crippen LogP contribution in [0.15, 0.2) is 53.5 Å². The molecule has 5 nitrogen and oxygen atoms in total. The minimum absolute atomic E-state index is 0.112. The molecule has 0 spiro atoms. The second-order valence-electron chi connectivity index (χ2n) is 4.24. The normalized spacial score (nSPS) is 11.0. The van der Waals surface area contributed by atoms with Crippen molar-refractivity contribution in [2.45, 2.75) is 6.92 Å². The Morgan fingerprint density at radius 3 is 2.38 bits per heavy atom. The second-order valence-corrected chi connectivity index (χ2v) is 4.24. The summed E-state index contributed by atoms with van der Waals surface area (Å²) < 4.78 is 10.1. The maximum Gasteiger partial charge on any atom is 0.347 e. The molecule has 0 atom stereocenters. The zero-order valence-electron chi connectivity index (χ0n) is 11.7. The van der Waals surface area contributed by atoms with Crippen LogP contribution in [0.1, 0.15) is 17.3 Å². The van der Waals surface area contributed by atoms with Gasteiger partial charge in [0.25, 0.3) is 0 Å². The number of methoxy groups -OCH3 is 1. The molecule has 108 valence electrons. The van der Waals surface area contributed by atoms with Gasteiger partial charge < -0.3 is 14.6 Å². The van der Waals surface area contributed by atoms with Crippen LogP contribution in [0.25, 0.3) is 0 Å². The number of nitrogens with zero attached hydrogens (tertiary/aromatic N) is 1. The van der Waals surface area contributed by atoms with Crippen molar-refractivity contribution in [3.8, 4) is 11.5 Å². The Morgan fingerprint density at radius 1 is 1.10 bits per heavy atom. The maximum atomic E-state index is 11.9. The van der Waals surface area contributed by atoms with E-state index in [4.69, 9.17) is 9.47 Å². The number of hydrogen-bond donors (Lipinski definition) is 1. The van der Waals surface area contributed by atoms with Crippen LogP contribution in [-0.2, 0) is 4.74 Å². The van der Waals surface area contributed by atoms with Crippen molar-refractivity contribution < 1.29 is 19.4 Å². The van der Waals surface area contributed by atoms with Gasteiger partial charge in [0.05, 0.1) is 12.8 Å². The van der Waals surface area contributed by atoms with Gasteiger partial charge in [-0.1, -0.05) is 12.1 Å². The lowest BCUT2D eigenvalue weighted by atomic mass is 10.2. The molecule has 0 unspecified atom stereocenters. The summed E-state index contributed by atoms with van der Waals surface area (Å²) in [5, 5.41) is 9.60. The van der Waals surface area contributed by atoms with E-state index >= 15 is 0 Å². The summed E-state index contributed by atoms with van der Waals surface area (Å²) in [6, 6.07) is 12.9. The SMILES string of the molecule is COC(C)=Nc1ccc(OC(=O)c2ccccc2O)cc1. The van der Waals surface area contributed by atoms with Gasteiger partial charge in [-0.2, -0.15) is 0 Å². The first-order valence-corrected chi connectivity index (χ1v) is 6.29. The van der Waals surface area contributed by atoms with Gasteiger partial charge in [-0.15, -0.1) is 0 Å². The Kier molecular flexibility index (Phi) is 4.56. The minimum atomic E-state index is -0.613. The molecule has 0 fully saturated rings. The molecule has 2 aromatic rings. The van der Waals surface area contributed by atoms with Crippen molar-refractivity contribution in [2.24, 2.45) is 4.99 Å². The molecule has 0 aliphatic heterocycles. The monoisotopic (exact) mass is 285 g/mol. The number of hydrogen-bond acceptors (Lipinski definition) is 5. The van der Waals surface area contributed by atoms with E-state index in [1.54, 1.807) is 50.4 Å². The average Bonchev–Trinajstić information content (AvgIpc) is 2.49. The van der Waals surface area contributed by atoms with E-state index in [0.717, 1.165) is 0 Å². The third-order valence-electron chi connectivity index (χ3n) is 2.75. The van der Waals surface area contributed by atoms with Gasteiger partial charge in [0, 0.05) is 6.92 Å². The van der Waals surface area contributed by atoms with Crippen LogP contribution in [0.5, 0.6) is 11.5 Å². The standard InChI is InChI=1S/C16H15NO4/c1-11(20-2)17-12-7-9-13(10-8-12)21-16(19)14-5-3-4-6-15(14)18/h3-10,18H,1-2H3. The molecule has 1 N–H and O–H groups in total. The molecule has 0 radical (unpaired) electrons. The number of aromatic hydroxyl groups is 1. The molecule has 0 aliphatic carbocycles. The fourth-order valence-electron chi connectivity index (χ4n) is 1.62. The van der Waals surface area contributed by atoms with Crippen molar-refractivity contribution in [2.75, 3.05) is 7.11 Å². The Bertz CT molecular complexity index is 662. The molecule has 2 aromatic carbocycles. The Balaban J connectivity index is 2.10. The summed E-state index contributed by atoms with van der Waals surface area (Å²) in [5.41, 5.74) is 0.812. The second kappa shape index (κ2) is 6.56. The van der Waals surface area contributed by atoms with Gasteiger partial charge in [0.1, 0.15) is 17.1 Å². The third kappa shape index (κ3) is 3.82. The first-order valence-electron chi connectivity index (χ1n) is 6.29. The molecule has 21 heavy (non-hydrogen) atoms.